The Morgan fingerprint density at radius 2 is 1.90 bits per heavy atom. The largest absolute Gasteiger partial charge is 0.469 e. The van der Waals surface area contributed by atoms with Gasteiger partial charge in [0.25, 0.3) is 0 Å². The second kappa shape index (κ2) is 10.1. The fourth-order valence-corrected chi connectivity index (χ4v) is 4.21. The van der Waals surface area contributed by atoms with E-state index in [-0.39, 0.29) is 11.9 Å². The average Bonchev–Trinajstić information content (AvgIpc) is 3.06. The molecule has 1 aromatic rings. The van der Waals surface area contributed by atoms with Crippen LogP contribution >= 0.6 is 0 Å². The van der Waals surface area contributed by atoms with E-state index in [0.717, 1.165) is 88.3 Å². The van der Waals surface area contributed by atoms with Gasteiger partial charge in [0.1, 0.15) is 5.76 Å². The summed E-state index contributed by atoms with van der Waals surface area (Å²) in [6.07, 6.45) is 3.97. The van der Waals surface area contributed by atoms with E-state index in [4.69, 9.17) is 9.15 Å². The molecule has 0 saturated carbocycles. The second-order valence-electron chi connectivity index (χ2n) is 8.18. The first-order valence-electron chi connectivity index (χ1n) is 10.7. The standard InChI is InChI=1S/C21H35N5O3/c1-15-16(2)29-19(24-15)14-25-9-5-17(6-10-25)13-23-21(22-3)26-11-7-18(8-12-26)20(27)28-4/h17-18H,5-14H2,1-4H3,(H,22,23). The Morgan fingerprint density at radius 3 is 2.45 bits per heavy atom. The minimum absolute atomic E-state index is 0.0231. The van der Waals surface area contributed by atoms with E-state index in [1.165, 1.54) is 7.11 Å². The molecule has 2 fully saturated rings. The topological polar surface area (TPSA) is 83.2 Å². The van der Waals surface area contributed by atoms with Gasteiger partial charge in [-0.1, -0.05) is 0 Å². The smallest absolute Gasteiger partial charge is 0.308 e. The molecule has 1 N–H and O–H groups in total. The number of esters is 1. The lowest BCUT2D eigenvalue weighted by molar-refractivity contribution is -0.146. The highest BCUT2D eigenvalue weighted by molar-refractivity contribution is 5.80. The van der Waals surface area contributed by atoms with Gasteiger partial charge in [0.05, 0.1) is 25.3 Å². The van der Waals surface area contributed by atoms with Gasteiger partial charge in [0.2, 0.25) is 5.89 Å². The quantitative estimate of drug-likeness (QED) is 0.455. The summed E-state index contributed by atoms with van der Waals surface area (Å²) in [6.45, 7) is 9.51. The van der Waals surface area contributed by atoms with Crippen LogP contribution in [0.3, 0.4) is 0 Å². The van der Waals surface area contributed by atoms with E-state index in [1.807, 2.05) is 20.9 Å². The highest BCUT2D eigenvalue weighted by Crippen LogP contribution is 2.21. The predicted octanol–water partition coefficient (Wildman–Crippen LogP) is 1.96. The van der Waals surface area contributed by atoms with Gasteiger partial charge in [-0.15, -0.1) is 0 Å². The van der Waals surface area contributed by atoms with Crippen molar-refractivity contribution < 1.29 is 13.9 Å². The highest BCUT2D eigenvalue weighted by atomic mass is 16.5. The predicted molar refractivity (Wildman–Crippen MR) is 112 cm³/mol. The molecule has 2 aliphatic rings. The van der Waals surface area contributed by atoms with E-state index < -0.39 is 0 Å². The molecule has 0 radical (unpaired) electrons. The number of carbonyl (C=O) groups excluding carboxylic acids is 1. The monoisotopic (exact) mass is 405 g/mol. The van der Waals surface area contributed by atoms with Crippen molar-refractivity contribution in [2.75, 3.05) is 46.9 Å². The minimum atomic E-state index is -0.0885. The molecule has 3 rings (SSSR count). The molecule has 0 aliphatic carbocycles. The van der Waals surface area contributed by atoms with Gasteiger partial charge in [0.15, 0.2) is 5.96 Å². The molecular formula is C21H35N5O3. The molecule has 0 unspecified atom stereocenters. The Labute approximate surface area is 173 Å². The number of aryl methyl sites for hydroxylation is 2. The molecule has 0 amide bonds. The Bertz CT molecular complexity index is 682. The molecule has 29 heavy (non-hydrogen) atoms. The average molecular weight is 406 g/mol. The van der Waals surface area contributed by atoms with Crippen molar-refractivity contribution in [3.8, 4) is 0 Å². The third-order valence-electron chi connectivity index (χ3n) is 6.23. The third-order valence-corrected chi connectivity index (χ3v) is 6.23. The van der Waals surface area contributed by atoms with Crippen LogP contribution in [-0.4, -0.2) is 73.6 Å². The third kappa shape index (κ3) is 5.72. The first-order chi connectivity index (χ1) is 14.0. The van der Waals surface area contributed by atoms with Gasteiger partial charge in [-0.2, -0.15) is 0 Å². The van der Waals surface area contributed by atoms with Crippen LogP contribution in [0.4, 0.5) is 0 Å². The molecule has 2 saturated heterocycles. The van der Waals surface area contributed by atoms with Crippen molar-refractivity contribution in [3.05, 3.63) is 17.3 Å². The number of nitrogens with one attached hydrogen (secondary N) is 1. The Hall–Kier alpha value is -2.09. The lowest BCUT2D eigenvalue weighted by Crippen LogP contribution is -2.48. The first kappa shape index (κ1) is 21.6. The number of carbonyl (C=O) groups is 1. The van der Waals surface area contributed by atoms with Gasteiger partial charge < -0.3 is 19.4 Å². The minimum Gasteiger partial charge on any atom is -0.469 e. The molecule has 8 heteroatoms. The number of aliphatic imine (C=N–C) groups is 1. The number of rotatable bonds is 5. The molecule has 162 valence electrons. The summed E-state index contributed by atoms with van der Waals surface area (Å²) in [5, 5.41) is 3.55. The van der Waals surface area contributed by atoms with E-state index >= 15 is 0 Å². The maximum absolute atomic E-state index is 11.7. The summed E-state index contributed by atoms with van der Waals surface area (Å²) in [7, 11) is 3.30. The number of oxazole rings is 1. The fraction of sp³-hybridized carbons (Fsp3) is 0.762. The van der Waals surface area contributed by atoms with Crippen LogP contribution in [0.25, 0.3) is 0 Å². The van der Waals surface area contributed by atoms with Crippen LogP contribution in [0, 0.1) is 25.7 Å². The van der Waals surface area contributed by atoms with E-state index in [1.54, 1.807) is 0 Å². The maximum atomic E-state index is 11.7. The van der Waals surface area contributed by atoms with Crippen LogP contribution in [0.5, 0.6) is 0 Å². The number of aromatic nitrogens is 1. The van der Waals surface area contributed by atoms with Crippen LogP contribution in [0.1, 0.15) is 43.0 Å². The lowest BCUT2D eigenvalue weighted by atomic mass is 9.96. The Kier molecular flexibility index (Phi) is 7.52. The van der Waals surface area contributed by atoms with Gasteiger partial charge in [-0.3, -0.25) is 14.7 Å². The number of piperidine rings is 2. The normalized spacial score (nSPS) is 20.1. The van der Waals surface area contributed by atoms with Crippen LogP contribution in [0.2, 0.25) is 0 Å². The van der Waals surface area contributed by atoms with Gasteiger partial charge in [0, 0.05) is 26.7 Å². The Balaban J connectivity index is 1.38. The van der Waals surface area contributed by atoms with Crippen molar-refractivity contribution in [1.82, 2.24) is 20.1 Å². The molecule has 1 aromatic heterocycles. The molecule has 2 aliphatic heterocycles. The molecule has 0 bridgehead atoms. The molecule has 0 atom stereocenters. The number of nitrogens with zero attached hydrogens (tertiary/aromatic N) is 4. The zero-order chi connectivity index (χ0) is 20.8. The van der Waals surface area contributed by atoms with Crippen LogP contribution < -0.4 is 5.32 Å². The molecule has 3 heterocycles. The lowest BCUT2D eigenvalue weighted by Gasteiger charge is -2.35. The SMILES string of the molecule is CN=C(NCC1CCN(Cc2nc(C)c(C)o2)CC1)N1CCC(C(=O)OC)CC1. The fourth-order valence-electron chi connectivity index (χ4n) is 4.21. The highest BCUT2D eigenvalue weighted by Gasteiger charge is 2.27. The zero-order valence-electron chi connectivity index (χ0n) is 18.2. The Morgan fingerprint density at radius 1 is 1.21 bits per heavy atom. The summed E-state index contributed by atoms with van der Waals surface area (Å²) >= 11 is 0. The summed E-state index contributed by atoms with van der Waals surface area (Å²) in [4.78, 5) is 25.3. The van der Waals surface area contributed by atoms with Gasteiger partial charge in [-0.25, -0.2) is 4.98 Å². The van der Waals surface area contributed by atoms with Gasteiger partial charge in [-0.05, 0) is 58.5 Å². The van der Waals surface area contributed by atoms with Crippen LogP contribution in [-0.2, 0) is 16.1 Å². The molecule has 0 aromatic carbocycles. The summed E-state index contributed by atoms with van der Waals surface area (Å²) < 4.78 is 10.6. The molecule has 8 nitrogen and oxygen atoms in total. The first-order valence-corrected chi connectivity index (χ1v) is 10.7. The number of methoxy groups -OCH3 is 1. The molecule has 0 spiro atoms. The summed E-state index contributed by atoms with van der Waals surface area (Å²) in [5.74, 6) is 3.27. The number of hydrogen-bond donors (Lipinski definition) is 1. The van der Waals surface area contributed by atoms with Crippen molar-refractivity contribution in [1.29, 1.82) is 0 Å². The van der Waals surface area contributed by atoms with Crippen molar-refractivity contribution in [3.63, 3.8) is 0 Å². The van der Waals surface area contributed by atoms with Crippen molar-refractivity contribution >= 4 is 11.9 Å². The number of hydrogen-bond acceptors (Lipinski definition) is 6. The van der Waals surface area contributed by atoms with E-state index in [9.17, 15) is 4.79 Å². The van der Waals surface area contributed by atoms with Crippen molar-refractivity contribution in [2.24, 2.45) is 16.8 Å². The van der Waals surface area contributed by atoms with Crippen LogP contribution in [0.15, 0.2) is 9.41 Å². The van der Waals surface area contributed by atoms with E-state index in [0.29, 0.717) is 5.92 Å². The summed E-state index contributed by atoms with van der Waals surface area (Å²) in [6, 6.07) is 0. The number of likely N-dealkylation sites (tertiary alicyclic amines) is 2. The second-order valence-corrected chi connectivity index (χ2v) is 8.18. The van der Waals surface area contributed by atoms with Gasteiger partial charge >= 0.3 is 5.97 Å². The number of ether oxygens (including phenoxy) is 1. The number of guanidine groups is 1. The molecular weight excluding hydrogens is 370 g/mol. The zero-order valence-corrected chi connectivity index (χ0v) is 18.2. The van der Waals surface area contributed by atoms with Crippen molar-refractivity contribution in [2.45, 2.75) is 46.1 Å². The van der Waals surface area contributed by atoms with E-state index in [2.05, 4.69) is 25.1 Å². The maximum Gasteiger partial charge on any atom is 0.308 e. The summed E-state index contributed by atoms with van der Waals surface area (Å²) in [5.41, 5.74) is 0.987.